The fourth-order valence-electron chi connectivity index (χ4n) is 2.28. The summed E-state index contributed by atoms with van der Waals surface area (Å²) >= 11 is 3.19. The molecule has 1 unspecified atom stereocenters. The molecule has 126 valence electrons. The molecule has 0 aliphatic heterocycles. The molecule has 0 bridgehead atoms. The number of nitrogens with zero attached hydrogens (tertiary/aromatic N) is 4. The summed E-state index contributed by atoms with van der Waals surface area (Å²) in [6.45, 7) is 2.10. The summed E-state index contributed by atoms with van der Waals surface area (Å²) in [5, 5.41) is 4.37. The van der Waals surface area contributed by atoms with Gasteiger partial charge in [-0.05, 0) is 31.6 Å². The van der Waals surface area contributed by atoms with Crippen LogP contribution in [-0.4, -0.2) is 50.7 Å². The van der Waals surface area contributed by atoms with Crippen molar-refractivity contribution in [1.82, 2.24) is 14.8 Å². The monoisotopic (exact) mass is 360 g/mol. The van der Waals surface area contributed by atoms with E-state index in [4.69, 9.17) is 6.42 Å². The van der Waals surface area contributed by atoms with Gasteiger partial charge in [0.2, 0.25) is 5.91 Å². The fraction of sp³-hybridized carbons (Fsp3) is 0.353. The van der Waals surface area contributed by atoms with Gasteiger partial charge in [-0.15, -0.1) is 6.42 Å². The Balaban J connectivity index is 2.36. The van der Waals surface area contributed by atoms with Crippen LogP contribution in [0, 0.1) is 19.3 Å². The number of thioether (sulfide) groups is 2. The third kappa shape index (κ3) is 4.13. The minimum Gasteiger partial charge on any atom is -0.296 e. The molecule has 1 amide bonds. The normalized spacial score (nSPS) is 11.8. The summed E-state index contributed by atoms with van der Waals surface area (Å²) in [6.07, 6.45) is 14.7. The summed E-state index contributed by atoms with van der Waals surface area (Å²) in [5.74, 6) is 3.35. The summed E-state index contributed by atoms with van der Waals surface area (Å²) in [7, 11) is 0. The van der Waals surface area contributed by atoms with Gasteiger partial charge < -0.3 is 0 Å². The zero-order valence-electron chi connectivity index (χ0n) is 14.0. The van der Waals surface area contributed by atoms with Crippen LogP contribution in [0.4, 0.5) is 5.69 Å². The van der Waals surface area contributed by atoms with Crippen molar-refractivity contribution in [2.75, 3.05) is 29.7 Å². The highest BCUT2D eigenvalue weighted by atomic mass is 32.2. The molecular weight excluding hydrogens is 340 g/mol. The topological polar surface area (TPSA) is 51.0 Å². The van der Waals surface area contributed by atoms with Crippen LogP contribution in [-0.2, 0) is 4.79 Å². The van der Waals surface area contributed by atoms with E-state index in [2.05, 4.69) is 16.0 Å². The molecule has 0 aliphatic carbocycles. The second-order valence-corrected chi connectivity index (χ2v) is 7.01. The molecule has 0 aliphatic rings. The number of aryl methyl sites for hydroxylation is 1. The Morgan fingerprint density at radius 3 is 2.88 bits per heavy atom. The molecule has 24 heavy (non-hydrogen) atoms. The first-order valence-corrected chi connectivity index (χ1v) is 10.0. The maximum absolute atomic E-state index is 12.9. The van der Waals surface area contributed by atoms with Crippen molar-refractivity contribution in [2.45, 2.75) is 12.2 Å². The SMILES string of the molecule is C#CCN(C(=O)C(CSC)SC)c1cn(-c2cccnc2)nc1C. The lowest BCUT2D eigenvalue weighted by Crippen LogP contribution is -2.39. The molecular formula is C17H20N4OS2. The van der Waals surface area contributed by atoms with Gasteiger partial charge in [0.05, 0.1) is 41.3 Å². The molecule has 0 spiro atoms. The van der Waals surface area contributed by atoms with Crippen molar-refractivity contribution < 1.29 is 4.79 Å². The summed E-state index contributed by atoms with van der Waals surface area (Å²) in [6, 6.07) is 3.76. The number of pyridine rings is 1. The van der Waals surface area contributed by atoms with Crippen molar-refractivity contribution >= 4 is 35.1 Å². The van der Waals surface area contributed by atoms with Gasteiger partial charge >= 0.3 is 0 Å². The van der Waals surface area contributed by atoms with E-state index in [1.807, 2.05) is 37.8 Å². The maximum Gasteiger partial charge on any atom is 0.241 e. The minimum absolute atomic E-state index is 0.0173. The van der Waals surface area contributed by atoms with E-state index in [1.165, 1.54) is 0 Å². The molecule has 1 atom stereocenters. The average Bonchev–Trinajstić information content (AvgIpc) is 2.99. The second kappa shape index (κ2) is 8.81. The van der Waals surface area contributed by atoms with E-state index in [1.54, 1.807) is 45.5 Å². The van der Waals surface area contributed by atoms with E-state index in [0.717, 1.165) is 22.8 Å². The third-order valence-corrected chi connectivity index (χ3v) is 5.28. The Labute approximate surface area is 151 Å². The summed E-state index contributed by atoms with van der Waals surface area (Å²) < 4.78 is 1.72. The fourth-order valence-corrected chi connectivity index (χ4v) is 4.00. The van der Waals surface area contributed by atoms with E-state index in [9.17, 15) is 4.79 Å². The molecule has 0 fully saturated rings. The molecule has 0 aromatic carbocycles. The van der Waals surface area contributed by atoms with Gasteiger partial charge in [0.15, 0.2) is 0 Å². The predicted molar refractivity (Wildman–Crippen MR) is 103 cm³/mol. The van der Waals surface area contributed by atoms with Crippen LogP contribution in [0.1, 0.15) is 5.69 Å². The minimum atomic E-state index is -0.130. The van der Waals surface area contributed by atoms with Gasteiger partial charge in [0, 0.05) is 11.9 Å². The quantitative estimate of drug-likeness (QED) is 0.711. The molecule has 2 aromatic heterocycles. The molecule has 0 saturated carbocycles. The first-order chi connectivity index (χ1) is 11.6. The Hall–Kier alpha value is -1.91. The zero-order valence-corrected chi connectivity index (χ0v) is 15.6. The van der Waals surface area contributed by atoms with Crippen LogP contribution in [0.5, 0.6) is 0 Å². The molecule has 2 rings (SSSR count). The number of amides is 1. The Morgan fingerprint density at radius 1 is 1.50 bits per heavy atom. The van der Waals surface area contributed by atoms with Gasteiger partial charge in [-0.25, -0.2) is 4.68 Å². The number of terminal acetylenes is 1. The van der Waals surface area contributed by atoms with Crippen molar-refractivity contribution in [2.24, 2.45) is 0 Å². The van der Waals surface area contributed by atoms with Crippen LogP contribution in [0.3, 0.4) is 0 Å². The Bertz CT molecular complexity index is 724. The zero-order chi connectivity index (χ0) is 17.5. The number of anilines is 1. The average molecular weight is 361 g/mol. The van der Waals surface area contributed by atoms with Crippen LogP contribution < -0.4 is 4.90 Å². The van der Waals surface area contributed by atoms with Gasteiger partial charge in [0.1, 0.15) is 0 Å². The van der Waals surface area contributed by atoms with Gasteiger partial charge in [0.25, 0.3) is 0 Å². The number of carbonyl (C=O) groups is 1. The summed E-state index contributed by atoms with van der Waals surface area (Å²) in [4.78, 5) is 18.6. The van der Waals surface area contributed by atoms with Crippen LogP contribution in [0.25, 0.3) is 5.69 Å². The van der Waals surface area contributed by atoms with Gasteiger partial charge in [-0.1, -0.05) is 5.92 Å². The lowest BCUT2D eigenvalue weighted by molar-refractivity contribution is -0.117. The third-order valence-electron chi connectivity index (χ3n) is 3.47. The molecule has 7 heteroatoms. The van der Waals surface area contributed by atoms with Crippen LogP contribution in [0.2, 0.25) is 0 Å². The number of aromatic nitrogens is 3. The van der Waals surface area contributed by atoms with E-state index < -0.39 is 0 Å². The molecule has 2 heterocycles. The van der Waals surface area contributed by atoms with E-state index in [-0.39, 0.29) is 17.7 Å². The van der Waals surface area contributed by atoms with Gasteiger partial charge in [-0.2, -0.15) is 28.6 Å². The Kier molecular flexibility index (Phi) is 6.76. The number of carbonyl (C=O) groups excluding carboxylic acids is 1. The first kappa shape index (κ1) is 18.4. The molecule has 0 N–H and O–H groups in total. The highest BCUT2D eigenvalue weighted by Gasteiger charge is 2.26. The van der Waals surface area contributed by atoms with Crippen LogP contribution >= 0.6 is 23.5 Å². The van der Waals surface area contributed by atoms with Gasteiger partial charge in [-0.3, -0.25) is 14.7 Å². The number of hydrogen-bond donors (Lipinski definition) is 0. The second-order valence-electron chi connectivity index (χ2n) is 5.06. The standard InChI is InChI=1S/C17H20N4OS2/c1-5-9-20(17(22)16(24-4)12-23-3)15-11-21(19-13(15)2)14-7-6-8-18-10-14/h1,6-8,10-11,16H,9,12H2,2-4H3. The maximum atomic E-state index is 12.9. The van der Waals surface area contributed by atoms with Crippen LogP contribution in [0.15, 0.2) is 30.7 Å². The van der Waals surface area contributed by atoms with E-state index >= 15 is 0 Å². The number of hydrogen-bond acceptors (Lipinski definition) is 5. The lowest BCUT2D eigenvalue weighted by Gasteiger charge is -2.24. The molecule has 0 saturated heterocycles. The van der Waals surface area contributed by atoms with Crippen molar-refractivity contribution in [3.05, 3.63) is 36.4 Å². The molecule has 0 radical (unpaired) electrons. The highest BCUT2D eigenvalue weighted by molar-refractivity contribution is 8.03. The summed E-state index contributed by atoms with van der Waals surface area (Å²) in [5.41, 5.74) is 2.33. The van der Waals surface area contributed by atoms with Crippen molar-refractivity contribution in [3.8, 4) is 18.0 Å². The Morgan fingerprint density at radius 2 is 2.29 bits per heavy atom. The van der Waals surface area contributed by atoms with Crippen molar-refractivity contribution in [3.63, 3.8) is 0 Å². The number of rotatable bonds is 7. The molecule has 2 aromatic rings. The largest absolute Gasteiger partial charge is 0.296 e. The lowest BCUT2D eigenvalue weighted by atomic mass is 10.3. The smallest absolute Gasteiger partial charge is 0.241 e. The van der Waals surface area contributed by atoms with Crippen molar-refractivity contribution in [1.29, 1.82) is 0 Å². The molecule has 5 nitrogen and oxygen atoms in total. The predicted octanol–water partition coefficient (Wildman–Crippen LogP) is 2.64. The first-order valence-electron chi connectivity index (χ1n) is 7.35. The highest BCUT2D eigenvalue weighted by Crippen LogP contribution is 2.24. The van der Waals surface area contributed by atoms with E-state index in [0.29, 0.717) is 0 Å².